The molecular weight excluding hydrogens is 477 g/mol. The maximum atomic E-state index is 13.4. The predicted molar refractivity (Wildman–Crippen MR) is 133 cm³/mol. The highest BCUT2D eigenvalue weighted by Gasteiger charge is 2.40. The molecule has 0 radical (unpaired) electrons. The van der Waals surface area contributed by atoms with Gasteiger partial charge in [0, 0.05) is 11.4 Å². The lowest BCUT2D eigenvalue weighted by molar-refractivity contribution is -0.117. The van der Waals surface area contributed by atoms with Crippen molar-refractivity contribution in [2.75, 3.05) is 10.2 Å². The zero-order valence-electron chi connectivity index (χ0n) is 17.2. The van der Waals surface area contributed by atoms with Crippen LogP contribution in [0.2, 0.25) is 10.0 Å². The summed E-state index contributed by atoms with van der Waals surface area (Å²) in [5.74, 6) is -0.789. The first-order valence-corrected chi connectivity index (χ1v) is 11.6. The van der Waals surface area contributed by atoms with Crippen molar-refractivity contribution in [1.29, 1.82) is 5.26 Å². The Morgan fingerprint density at radius 1 is 1.00 bits per heavy atom. The topological polar surface area (TPSA) is 73.2 Å². The van der Waals surface area contributed by atoms with Gasteiger partial charge in [-0.1, -0.05) is 77.4 Å². The van der Waals surface area contributed by atoms with Gasteiger partial charge in [0.2, 0.25) is 5.91 Å². The van der Waals surface area contributed by atoms with Crippen LogP contribution in [0.15, 0.2) is 89.5 Å². The second kappa shape index (κ2) is 10.1. The van der Waals surface area contributed by atoms with Crippen LogP contribution in [0.3, 0.4) is 0 Å². The van der Waals surface area contributed by atoms with Gasteiger partial charge in [-0.3, -0.25) is 14.5 Å². The van der Waals surface area contributed by atoms with E-state index in [2.05, 4.69) is 5.32 Å². The van der Waals surface area contributed by atoms with Crippen molar-refractivity contribution in [2.24, 2.45) is 0 Å². The molecule has 1 N–H and O–H groups in total. The fraction of sp³-hybridized carbons (Fsp3) is 0.0800. The first kappa shape index (κ1) is 22.9. The van der Waals surface area contributed by atoms with Crippen molar-refractivity contribution in [2.45, 2.75) is 11.7 Å². The largest absolute Gasteiger partial charge is 0.321 e. The Bertz CT molecular complexity index is 1270. The molecule has 1 saturated heterocycles. The minimum atomic E-state index is -0.574. The Morgan fingerprint density at radius 3 is 2.30 bits per heavy atom. The fourth-order valence-corrected chi connectivity index (χ4v) is 5.02. The number of carbonyl (C=O) groups is 2. The standard InChI is InChI=1S/C25H17Cl2N3O2S/c26-20-12-11-16(13-21(20)27)14-22-24(32)30(18-9-5-2-6-10-18)25(33-22)19(15-28)23(31)29-17-7-3-1-4-8-17/h1-13,22H,14H2,(H,29,31). The van der Waals surface area contributed by atoms with Gasteiger partial charge in [0.05, 0.1) is 15.3 Å². The molecule has 1 unspecified atom stereocenters. The minimum absolute atomic E-state index is 0.127. The lowest BCUT2D eigenvalue weighted by Gasteiger charge is -2.18. The zero-order valence-corrected chi connectivity index (χ0v) is 19.5. The lowest BCUT2D eigenvalue weighted by atomic mass is 10.1. The molecule has 2 amide bonds. The highest BCUT2D eigenvalue weighted by atomic mass is 35.5. The SMILES string of the molecule is N#CC(C(=O)Nc1ccccc1)=C1SC(Cc2ccc(Cl)c(Cl)c2)C(=O)N1c1ccccc1. The number of halogens is 2. The predicted octanol–water partition coefficient (Wildman–Crippen LogP) is 6.06. The smallest absolute Gasteiger partial charge is 0.269 e. The van der Waals surface area contributed by atoms with E-state index < -0.39 is 11.2 Å². The summed E-state index contributed by atoms with van der Waals surface area (Å²) in [6.07, 6.45) is 0.367. The van der Waals surface area contributed by atoms with Crippen LogP contribution in [0.25, 0.3) is 0 Å². The van der Waals surface area contributed by atoms with Crippen molar-refractivity contribution in [3.63, 3.8) is 0 Å². The van der Waals surface area contributed by atoms with Gasteiger partial charge in [0.25, 0.3) is 5.91 Å². The van der Waals surface area contributed by atoms with Gasteiger partial charge in [-0.15, -0.1) is 0 Å². The second-order valence-corrected chi connectivity index (χ2v) is 9.19. The summed E-state index contributed by atoms with van der Waals surface area (Å²) in [5.41, 5.74) is 1.85. The molecule has 4 rings (SSSR count). The first-order chi connectivity index (χ1) is 16.0. The maximum Gasteiger partial charge on any atom is 0.269 e. The van der Waals surface area contributed by atoms with E-state index >= 15 is 0 Å². The number of carbonyl (C=O) groups excluding carboxylic acids is 2. The van der Waals surface area contributed by atoms with E-state index in [9.17, 15) is 14.9 Å². The third kappa shape index (κ3) is 5.07. The quantitative estimate of drug-likeness (QED) is 0.346. The number of para-hydroxylation sites is 2. The van der Waals surface area contributed by atoms with Gasteiger partial charge in [0.1, 0.15) is 16.7 Å². The van der Waals surface area contributed by atoms with E-state index in [1.807, 2.05) is 24.3 Å². The van der Waals surface area contributed by atoms with Crippen molar-refractivity contribution in [1.82, 2.24) is 0 Å². The average molecular weight is 494 g/mol. The fourth-order valence-electron chi connectivity index (χ4n) is 3.39. The maximum absolute atomic E-state index is 13.4. The molecule has 0 saturated carbocycles. The van der Waals surface area contributed by atoms with Crippen LogP contribution >= 0.6 is 35.0 Å². The number of thioether (sulfide) groups is 1. The molecule has 1 heterocycles. The molecule has 8 heteroatoms. The summed E-state index contributed by atoms with van der Waals surface area (Å²) in [7, 11) is 0. The van der Waals surface area contributed by atoms with Crippen molar-refractivity contribution in [3.8, 4) is 6.07 Å². The Hall–Kier alpha value is -3.24. The summed E-state index contributed by atoms with van der Waals surface area (Å²) >= 11 is 13.3. The molecule has 1 atom stereocenters. The number of rotatable bonds is 5. The molecule has 1 fully saturated rings. The van der Waals surface area contributed by atoms with Gasteiger partial charge in [0.15, 0.2) is 0 Å². The molecule has 1 aliphatic heterocycles. The molecule has 0 bridgehead atoms. The highest BCUT2D eigenvalue weighted by molar-refractivity contribution is 8.05. The monoisotopic (exact) mass is 493 g/mol. The van der Waals surface area contributed by atoms with Crippen LogP contribution in [-0.4, -0.2) is 17.1 Å². The lowest BCUT2D eigenvalue weighted by Crippen LogP contribution is -2.30. The van der Waals surface area contributed by atoms with Crippen molar-refractivity contribution in [3.05, 3.63) is 105 Å². The third-order valence-corrected chi connectivity index (χ3v) is 6.96. The Labute approximate surface area is 205 Å². The Morgan fingerprint density at radius 2 is 1.67 bits per heavy atom. The molecule has 0 aromatic heterocycles. The minimum Gasteiger partial charge on any atom is -0.321 e. The third-order valence-electron chi connectivity index (χ3n) is 4.96. The van der Waals surface area contributed by atoms with Crippen molar-refractivity contribution < 1.29 is 9.59 Å². The van der Waals surface area contributed by atoms with Crippen molar-refractivity contribution >= 4 is 58.2 Å². The molecule has 33 heavy (non-hydrogen) atoms. The van der Waals surface area contributed by atoms with Crippen LogP contribution < -0.4 is 10.2 Å². The van der Waals surface area contributed by atoms with Gasteiger partial charge in [-0.2, -0.15) is 5.26 Å². The van der Waals surface area contributed by atoms with Gasteiger partial charge >= 0.3 is 0 Å². The Balaban J connectivity index is 1.71. The van der Waals surface area contributed by atoms with E-state index in [4.69, 9.17) is 23.2 Å². The molecule has 164 valence electrons. The number of amides is 2. The zero-order chi connectivity index (χ0) is 23.4. The molecule has 0 spiro atoms. The van der Waals surface area contributed by atoms with Crippen LogP contribution in [-0.2, 0) is 16.0 Å². The van der Waals surface area contributed by atoms with Gasteiger partial charge < -0.3 is 5.32 Å². The number of anilines is 2. The molecule has 0 aliphatic carbocycles. The summed E-state index contributed by atoms with van der Waals surface area (Å²) < 4.78 is 0. The van der Waals surface area contributed by atoms with Crippen LogP contribution in [0.1, 0.15) is 5.56 Å². The molecule has 5 nitrogen and oxygen atoms in total. The first-order valence-electron chi connectivity index (χ1n) is 9.98. The van der Waals surface area contributed by atoms with E-state index in [-0.39, 0.29) is 11.5 Å². The molecule has 3 aromatic carbocycles. The summed E-state index contributed by atoms with van der Waals surface area (Å²) in [6, 6.07) is 25.0. The van der Waals surface area contributed by atoms with E-state index in [0.717, 1.165) is 5.56 Å². The van der Waals surface area contributed by atoms with E-state index in [0.29, 0.717) is 32.9 Å². The second-order valence-electron chi connectivity index (χ2n) is 7.18. The van der Waals surface area contributed by atoms with E-state index in [1.54, 1.807) is 60.7 Å². The summed E-state index contributed by atoms with van der Waals surface area (Å²) in [4.78, 5) is 27.9. The number of nitriles is 1. The summed E-state index contributed by atoms with van der Waals surface area (Å²) in [5, 5.41) is 13.2. The van der Waals surface area contributed by atoms with Crippen LogP contribution in [0.4, 0.5) is 11.4 Å². The number of hydrogen-bond donors (Lipinski definition) is 1. The average Bonchev–Trinajstić information content (AvgIpc) is 3.13. The number of hydrogen-bond acceptors (Lipinski definition) is 4. The van der Waals surface area contributed by atoms with Crippen LogP contribution in [0, 0.1) is 11.3 Å². The number of benzene rings is 3. The van der Waals surface area contributed by atoms with Crippen LogP contribution in [0.5, 0.6) is 0 Å². The van der Waals surface area contributed by atoms with Gasteiger partial charge in [-0.25, -0.2) is 0 Å². The molecule has 3 aromatic rings. The molecule has 1 aliphatic rings. The number of nitrogens with one attached hydrogen (secondary N) is 1. The number of nitrogens with zero attached hydrogens (tertiary/aromatic N) is 2. The van der Waals surface area contributed by atoms with Gasteiger partial charge in [-0.05, 0) is 48.4 Å². The summed E-state index contributed by atoms with van der Waals surface area (Å²) in [6.45, 7) is 0. The Kier molecular flexibility index (Phi) is 7.05. The molecular formula is C25H17Cl2N3O2S. The highest BCUT2D eigenvalue weighted by Crippen LogP contribution is 2.42. The normalized spacial score (nSPS) is 16.9. The van der Waals surface area contributed by atoms with E-state index in [1.165, 1.54) is 16.7 Å².